The lowest BCUT2D eigenvalue weighted by Gasteiger charge is -2.26. The highest BCUT2D eigenvalue weighted by molar-refractivity contribution is 6.46. The van der Waals surface area contributed by atoms with E-state index in [4.69, 9.17) is 25.8 Å². The van der Waals surface area contributed by atoms with Gasteiger partial charge in [0.05, 0.1) is 44.1 Å². The van der Waals surface area contributed by atoms with Crippen LogP contribution < -0.4 is 9.47 Å². The second-order valence-electron chi connectivity index (χ2n) is 7.53. The maximum atomic E-state index is 13.1. The maximum Gasteiger partial charge on any atom is 0.295 e. The molecule has 1 amide bonds. The highest BCUT2D eigenvalue weighted by Crippen LogP contribution is 2.41. The van der Waals surface area contributed by atoms with Crippen molar-refractivity contribution in [3.63, 3.8) is 0 Å². The van der Waals surface area contributed by atoms with Gasteiger partial charge in [-0.2, -0.15) is 0 Å². The number of methoxy groups -OCH3 is 2. The van der Waals surface area contributed by atoms with Crippen LogP contribution in [0, 0.1) is 0 Å². The van der Waals surface area contributed by atoms with Crippen molar-refractivity contribution in [3.05, 3.63) is 64.2 Å². The molecule has 0 aromatic heterocycles. The molecule has 1 atom stereocenters. The minimum absolute atomic E-state index is 0.0261. The van der Waals surface area contributed by atoms with E-state index in [2.05, 4.69) is 0 Å². The van der Waals surface area contributed by atoms with E-state index in [1.54, 1.807) is 42.5 Å². The summed E-state index contributed by atoms with van der Waals surface area (Å²) in [5.41, 5.74) is 0.859. The molecule has 1 N–H and O–H groups in total. The second-order valence-corrected chi connectivity index (χ2v) is 7.97. The lowest BCUT2D eigenvalue weighted by atomic mass is 9.95. The monoisotopic (exact) mass is 459 g/mol. The molecule has 0 bridgehead atoms. The second kappa shape index (κ2) is 10.1. The Balaban J connectivity index is 2.16. The molecule has 0 spiro atoms. The zero-order valence-electron chi connectivity index (χ0n) is 18.4. The van der Waals surface area contributed by atoms with Crippen molar-refractivity contribution >= 4 is 29.1 Å². The number of ether oxygens (including phenoxy) is 3. The Hall–Kier alpha value is -3.03. The number of amides is 1. The Bertz CT molecular complexity index is 1030. The third-order valence-electron chi connectivity index (χ3n) is 5.17. The zero-order chi connectivity index (χ0) is 23.4. The number of hydrogen-bond donors (Lipinski definition) is 1. The lowest BCUT2D eigenvalue weighted by molar-refractivity contribution is -0.140. The number of aliphatic hydroxyl groups is 1. The van der Waals surface area contributed by atoms with E-state index in [0.717, 1.165) is 0 Å². The molecule has 1 aliphatic heterocycles. The van der Waals surface area contributed by atoms with E-state index in [-0.39, 0.29) is 36.2 Å². The quantitative estimate of drug-likeness (QED) is 0.361. The molecule has 0 aliphatic carbocycles. The number of ketones is 1. The van der Waals surface area contributed by atoms with Crippen molar-refractivity contribution in [3.8, 4) is 11.5 Å². The van der Waals surface area contributed by atoms with Crippen LogP contribution in [0.15, 0.2) is 48.0 Å². The van der Waals surface area contributed by atoms with Crippen molar-refractivity contribution in [1.82, 2.24) is 4.90 Å². The number of hydrogen-bond acceptors (Lipinski definition) is 6. The molecular weight excluding hydrogens is 434 g/mol. The number of rotatable bonds is 8. The minimum atomic E-state index is -0.807. The van der Waals surface area contributed by atoms with Crippen molar-refractivity contribution in [1.29, 1.82) is 0 Å². The molecule has 1 heterocycles. The van der Waals surface area contributed by atoms with E-state index in [1.165, 1.54) is 19.1 Å². The minimum Gasteiger partial charge on any atom is -0.507 e. The van der Waals surface area contributed by atoms with Crippen molar-refractivity contribution < 1.29 is 28.9 Å². The summed E-state index contributed by atoms with van der Waals surface area (Å²) < 4.78 is 16.2. The van der Waals surface area contributed by atoms with Gasteiger partial charge in [0.25, 0.3) is 11.7 Å². The molecule has 7 nitrogen and oxygen atoms in total. The van der Waals surface area contributed by atoms with Gasteiger partial charge in [0.15, 0.2) is 0 Å². The molecule has 1 aliphatic rings. The van der Waals surface area contributed by atoms with E-state index in [0.29, 0.717) is 22.1 Å². The number of Topliss-reactive ketones (excluding diaryl/α,β-unsaturated/α-hetero) is 1. The Labute approximate surface area is 192 Å². The van der Waals surface area contributed by atoms with Crippen LogP contribution in [0.5, 0.6) is 11.5 Å². The predicted octanol–water partition coefficient (Wildman–Crippen LogP) is 4.20. The number of carbonyl (C=O) groups is 2. The Morgan fingerprint density at radius 2 is 1.78 bits per heavy atom. The van der Waals surface area contributed by atoms with Gasteiger partial charge in [-0.3, -0.25) is 9.59 Å². The molecule has 2 aromatic rings. The van der Waals surface area contributed by atoms with Crippen LogP contribution >= 0.6 is 11.6 Å². The number of aliphatic hydroxyl groups excluding tert-OH is 1. The van der Waals surface area contributed by atoms with Crippen LogP contribution in [0.1, 0.15) is 31.0 Å². The Morgan fingerprint density at radius 3 is 2.38 bits per heavy atom. The lowest BCUT2D eigenvalue weighted by Crippen LogP contribution is -2.33. The molecule has 1 saturated heterocycles. The highest BCUT2D eigenvalue weighted by Gasteiger charge is 2.46. The summed E-state index contributed by atoms with van der Waals surface area (Å²) in [6.07, 6.45) is -0.0261. The molecule has 1 unspecified atom stereocenters. The van der Waals surface area contributed by atoms with Crippen molar-refractivity contribution in [2.75, 3.05) is 27.4 Å². The summed E-state index contributed by atoms with van der Waals surface area (Å²) in [4.78, 5) is 27.4. The number of halogens is 1. The molecule has 0 saturated carbocycles. The highest BCUT2D eigenvalue weighted by atomic mass is 35.5. The van der Waals surface area contributed by atoms with Crippen LogP contribution in [-0.4, -0.2) is 55.2 Å². The number of nitrogens with zero attached hydrogens (tertiary/aromatic N) is 1. The van der Waals surface area contributed by atoms with E-state index in [9.17, 15) is 14.7 Å². The molecule has 32 heavy (non-hydrogen) atoms. The van der Waals surface area contributed by atoms with Gasteiger partial charge in [-0.15, -0.1) is 0 Å². The standard InChI is InChI=1S/C24H26ClNO6/c1-14(2)32-12-11-26-21(15-5-7-16(25)8-6-15)20(23(28)24(26)29)22(27)18-13-17(30-3)9-10-19(18)31-4/h5-10,13-14,21,27H,11-12H2,1-4H3/b22-20+. The first-order valence-corrected chi connectivity index (χ1v) is 10.5. The van der Waals surface area contributed by atoms with Gasteiger partial charge in [0.2, 0.25) is 0 Å². The van der Waals surface area contributed by atoms with Gasteiger partial charge in [0, 0.05) is 11.6 Å². The van der Waals surface area contributed by atoms with Crippen LogP contribution in [0.3, 0.4) is 0 Å². The molecule has 8 heteroatoms. The van der Waals surface area contributed by atoms with Gasteiger partial charge in [-0.05, 0) is 49.7 Å². The third-order valence-corrected chi connectivity index (χ3v) is 5.42. The van der Waals surface area contributed by atoms with Crippen LogP contribution in [0.2, 0.25) is 5.02 Å². The summed E-state index contributed by atoms with van der Waals surface area (Å²) in [5.74, 6) is -1.02. The Kier molecular flexibility index (Phi) is 7.43. The SMILES string of the molecule is COc1ccc(OC)c(/C(O)=C2\C(=O)C(=O)N(CCOC(C)C)C2c2ccc(Cl)cc2)c1. The van der Waals surface area contributed by atoms with Crippen LogP contribution in [0.4, 0.5) is 0 Å². The Morgan fingerprint density at radius 1 is 1.09 bits per heavy atom. The van der Waals surface area contributed by atoms with Gasteiger partial charge in [-0.25, -0.2) is 0 Å². The molecular formula is C24H26ClNO6. The van der Waals surface area contributed by atoms with Crippen molar-refractivity contribution in [2.24, 2.45) is 0 Å². The van der Waals surface area contributed by atoms with E-state index in [1.807, 2.05) is 13.8 Å². The van der Waals surface area contributed by atoms with Crippen LogP contribution in [0.25, 0.3) is 5.76 Å². The summed E-state index contributed by atoms with van der Waals surface area (Å²) in [5, 5.41) is 11.8. The van der Waals surface area contributed by atoms with E-state index < -0.39 is 17.7 Å². The zero-order valence-corrected chi connectivity index (χ0v) is 19.2. The molecule has 0 radical (unpaired) electrons. The predicted molar refractivity (Wildman–Crippen MR) is 121 cm³/mol. The molecule has 3 rings (SSSR count). The normalized spacial score (nSPS) is 17.8. The van der Waals surface area contributed by atoms with Gasteiger partial charge >= 0.3 is 0 Å². The van der Waals surface area contributed by atoms with Crippen LogP contribution in [-0.2, 0) is 14.3 Å². The first kappa shape index (κ1) is 23.6. The molecule has 1 fully saturated rings. The molecule has 170 valence electrons. The first-order chi connectivity index (χ1) is 15.3. The van der Waals surface area contributed by atoms with Gasteiger partial charge < -0.3 is 24.2 Å². The smallest absolute Gasteiger partial charge is 0.295 e. The first-order valence-electron chi connectivity index (χ1n) is 10.2. The maximum absolute atomic E-state index is 13.1. The third kappa shape index (κ3) is 4.74. The summed E-state index contributed by atoms with van der Waals surface area (Å²) >= 11 is 6.04. The topological polar surface area (TPSA) is 85.3 Å². The number of benzene rings is 2. The van der Waals surface area contributed by atoms with E-state index >= 15 is 0 Å². The fourth-order valence-electron chi connectivity index (χ4n) is 3.63. The summed E-state index contributed by atoms with van der Waals surface area (Å²) in [6.45, 7) is 4.21. The van der Waals surface area contributed by atoms with Gasteiger partial charge in [-0.1, -0.05) is 23.7 Å². The largest absolute Gasteiger partial charge is 0.507 e. The fraction of sp³-hybridized carbons (Fsp3) is 0.333. The summed E-state index contributed by atoms with van der Waals surface area (Å²) in [7, 11) is 2.95. The van der Waals surface area contributed by atoms with Crippen molar-refractivity contribution in [2.45, 2.75) is 26.0 Å². The number of carbonyl (C=O) groups excluding carboxylic acids is 2. The fourth-order valence-corrected chi connectivity index (χ4v) is 3.76. The average molecular weight is 460 g/mol. The summed E-state index contributed by atoms with van der Waals surface area (Å²) in [6, 6.07) is 10.9. The number of likely N-dealkylation sites (tertiary alicyclic amines) is 1. The average Bonchev–Trinajstić information content (AvgIpc) is 3.03. The molecule has 2 aromatic carbocycles. The van der Waals surface area contributed by atoms with Gasteiger partial charge in [0.1, 0.15) is 17.3 Å².